The third kappa shape index (κ3) is 4.16. The highest BCUT2D eigenvalue weighted by Gasteiger charge is 2.27. The third-order valence-electron chi connectivity index (χ3n) is 5.13. The summed E-state index contributed by atoms with van der Waals surface area (Å²) in [6.45, 7) is 8.08. The summed E-state index contributed by atoms with van der Waals surface area (Å²) < 4.78 is 5.73. The van der Waals surface area contributed by atoms with E-state index in [2.05, 4.69) is 18.3 Å². The van der Waals surface area contributed by atoms with E-state index in [-0.39, 0.29) is 12.5 Å². The van der Waals surface area contributed by atoms with Crippen LogP contribution in [0.25, 0.3) is 0 Å². The largest absolute Gasteiger partial charge is 0.483 e. The van der Waals surface area contributed by atoms with Crippen molar-refractivity contribution in [3.63, 3.8) is 0 Å². The molecule has 0 fully saturated rings. The van der Waals surface area contributed by atoms with E-state index in [0.717, 1.165) is 46.4 Å². The summed E-state index contributed by atoms with van der Waals surface area (Å²) in [6, 6.07) is 4.01. The Morgan fingerprint density at radius 1 is 1.30 bits per heavy atom. The van der Waals surface area contributed by atoms with Crippen molar-refractivity contribution in [2.45, 2.75) is 47.0 Å². The number of anilines is 1. The lowest BCUT2D eigenvalue weighted by Crippen LogP contribution is -2.23. The fraction of sp³-hybridized carbons (Fsp3) is 0.429. The number of benzene rings is 1. The summed E-state index contributed by atoms with van der Waals surface area (Å²) in [5, 5.41) is 3.39. The average Bonchev–Trinajstić information content (AvgIpc) is 2.93. The Labute approximate surface area is 163 Å². The normalized spacial score (nSPS) is 15.9. The Morgan fingerprint density at radius 2 is 2.04 bits per heavy atom. The van der Waals surface area contributed by atoms with Crippen molar-refractivity contribution in [3.05, 3.63) is 44.8 Å². The fourth-order valence-corrected chi connectivity index (χ4v) is 4.99. The van der Waals surface area contributed by atoms with Gasteiger partial charge in [0, 0.05) is 4.88 Å². The number of amides is 2. The topological polar surface area (TPSA) is 81.4 Å². The van der Waals surface area contributed by atoms with Crippen LogP contribution < -0.4 is 15.8 Å². The molecular weight excluding hydrogens is 360 g/mol. The molecule has 27 heavy (non-hydrogen) atoms. The quantitative estimate of drug-likeness (QED) is 0.817. The summed E-state index contributed by atoms with van der Waals surface area (Å²) in [4.78, 5) is 25.6. The summed E-state index contributed by atoms with van der Waals surface area (Å²) in [5.41, 5.74) is 10.3. The Bertz CT molecular complexity index is 901. The smallest absolute Gasteiger partial charge is 0.262 e. The van der Waals surface area contributed by atoms with Gasteiger partial charge >= 0.3 is 0 Å². The monoisotopic (exact) mass is 386 g/mol. The van der Waals surface area contributed by atoms with E-state index >= 15 is 0 Å². The van der Waals surface area contributed by atoms with Gasteiger partial charge in [-0.25, -0.2) is 0 Å². The molecule has 1 aliphatic carbocycles. The number of fused-ring (bicyclic) bond motifs is 1. The molecule has 0 spiro atoms. The Kier molecular flexibility index (Phi) is 5.56. The highest BCUT2D eigenvalue weighted by atomic mass is 32.1. The van der Waals surface area contributed by atoms with E-state index in [4.69, 9.17) is 10.5 Å². The molecule has 3 rings (SSSR count). The maximum Gasteiger partial charge on any atom is 0.262 e. The maximum absolute atomic E-state index is 12.4. The summed E-state index contributed by atoms with van der Waals surface area (Å²) in [6.07, 6.45) is 2.79. The van der Waals surface area contributed by atoms with Gasteiger partial charge in [-0.05, 0) is 74.3 Å². The van der Waals surface area contributed by atoms with E-state index in [9.17, 15) is 9.59 Å². The van der Waals surface area contributed by atoms with Crippen LogP contribution in [0.1, 0.15) is 50.8 Å². The Balaban J connectivity index is 1.74. The minimum absolute atomic E-state index is 0.110. The van der Waals surface area contributed by atoms with Crippen molar-refractivity contribution in [2.75, 3.05) is 11.9 Å². The van der Waals surface area contributed by atoms with Crippen molar-refractivity contribution in [3.8, 4) is 5.75 Å². The molecule has 0 aliphatic heterocycles. The molecule has 1 heterocycles. The first-order valence-electron chi connectivity index (χ1n) is 9.21. The van der Waals surface area contributed by atoms with E-state index in [1.54, 1.807) is 0 Å². The van der Waals surface area contributed by atoms with Gasteiger partial charge in [-0.3, -0.25) is 9.59 Å². The maximum atomic E-state index is 12.4. The molecule has 1 aromatic carbocycles. The van der Waals surface area contributed by atoms with Crippen LogP contribution in [-0.4, -0.2) is 18.4 Å². The lowest BCUT2D eigenvalue weighted by atomic mass is 9.88. The van der Waals surface area contributed by atoms with Gasteiger partial charge in [-0.15, -0.1) is 11.3 Å². The first-order chi connectivity index (χ1) is 12.8. The zero-order chi connectivity index (χ0) is 19.7. The van der Waals surface area contributed by atoms with Crippen LogP contribution in [0.3, 0.4) is 0 Å². The van der Waals surface area contributed by atoms with Gasteiger partial charge in [0.1, 0.15) is 10.8 Å². The molecule has 1 aliphatic rings. The van der Waals surface area contributed by atoms with Gasteiger partial charge in [0.15, 0.2) is 6.61 Å². The van der Waals surface area contributed by atoms with Gasteiger partial charge in [0.25, 0.3) is 11.8 Å². The number of rotatable bonds is 5. The summed E-state index contributed by atoms with van der Waals surface area (Å²) >= 11 is 1.46. The molecule has 1 atom stereocenters. The Morgan fingerprint density at radius 3 is 2.74 bits per heavy atom. The van der Waals surface area contributed by atoms with Gasteiger partial charge in [-0.1, -0.05) is 13.0 Å². The molecular formula is C21H26N2O3S. The van der Waals surface area contributed by atoms with Crippen LogP contribution in [0.2, 0.25) is 0 Å². The molecule has 0 saturated carbocycles. The molecule has 1 unspecified atom stereocenters. The van der Waals surface area contributed by atoms with Gasteiger partial charge < -0.3 is 15.8 Å². The average molecular weight is 387 g/mol. The van der Waals surface area contributed by atoms with Gasteiger partial charge in [0.2, 0.25) is 0 Å². The van der Waals surface area contributed by atoms with Crippen LogP contribution in [0.15, 0.2) is 12.1 Å². The van der Waals surface area contributed by atoms with E-state index in [0.29, 0.717) is 22.2 Å². The molecule has 1 aromatic heterocycles. The number of primary amides is 1. The molecule has 144 valence electrons. The molecule has 2 aromatic rings. The van der Waals surface area contributed by atoms with Crippen molar-refractivity contribution >= 4 is 28.2 Å². The number of nitrogens with two attached hydrogens (primary N) is 1. The number of nitrogens with one attached hydrogen (secondary N) is 1. The van der Waals surface area contributed by atoms with Crippen molar-refractivity contribution in [1.82, 2.24) is 0 Å². The van der Waals surface area contributed by atoms with Crippen molar-refractivity contribution in [1.29, 1.82) is 0 Å². The van der Waals surface area contributed by atoms with Gasteiger partial charge in [0.05, 0.1) is 5.56 Å². The minimum atomic E-state index is -0.483. The summed E-state index contributed by atoms with van der Waals surface area (Å²) in [5.74, 6) is 0.513. The molecule has 3 N–H and O–H groups in total. The molecule has 0 saturated heterocycles. The number of hydrogen-bond acceptors (Lipinski definition) is 4. The predicted octanol–water partition coefficient (Wildman–Crippen LogP) is 3.91. The number of aryl methyl sites for hydroxylation is 2. The van der Waals surface area contributed by atoms with Crippen molar-refractivity contribution in [2.24, 2.45) is 11.7 Å². The zero-order valence-electron chi connectivity index (χ0n) is 16.3. The van der Waals surface area contributed by atoms with Crippen molar-refractivity contribution < 1.29 is 14.3 Å². The highest BCUT2D eigenvalue weighted by Crippen LogP contribution is 2.39. The second kappa shape index (κ2) is 7.72. The number of ether oxygens (including phenoxy) is 1. The second-order valence-corrected chi connectivity index (χ2v) is 8.57. The fourth-order valence-electron chi connectivity index (χ4n) is 3.56. The summed E-state index contributed by atoms with van der Waals surface area (Å²) in [7, 11) is 0. The number of thiophene rings is 1. The predicted molar refractivity (Wildman–Crippen MR) is 109 cm³/mol. The SMILES string of the molecule is Cc1cc(C)c(C)c(OCC(=O)Nc2sc3c(c2C(N)=O)CCC(C)C3)c1. The van der Waals surface area contributed by atoms with E-state index in [1.165, 1.54) is 11.3 Å². The first-order valence-corrected chi connectivity index (χ1v) is 10.0. The van der Waals surface area contributed by atoms with Crippen LogP contribution in [0.5, 0.6) is 5.75 Å². The Hall–Kier alpha value is -2.34. The number of carbonyl (C=O) groups excluding carboxylic acids is 2. The van der Waals surface area contributed by atoms with Crippen LogP contribution in [0, 0.1) is 26.7 Å². The lowest BCUT2D eigenvalue weighted by Gasteiger charge is -2.18. The first kappa shape index (κ1) is 19.4. The molecule has 0 radical (unpaired) electrons. The standard InChI is InChI=1S/C21H26N2O3S/c1-11-5-6-15-17(9-11)27-21(19(15)20(22)25)23-18(24)10-26-16-8-12(2)7-13(3)14(16)4/h7-8,11H,5-6,9-10H2,1-4H3,(H2,22,25)(H,23,24). The van der Waals surface area contributed by atoms with Crippen LogP contribution in [-0.2, 0) is 17.6 Å². The van der Waals surface area contributed by atoms with E-state index < -0.39 is 5.91 Å². The van der Waals surface area contributed by atoms with Crippen LogP contribution >= 0.6 is 11.3 Å². The van der Waals surface area contributed by atoms with Crippen LogP contribution in [0.4, 0.5) is 5.00 Å². The van der Waals surface area contributed by atoms with Gasteiger partial charge in [-0.2, -0.15) is 0 Å². The molecule has 2 amide bonds. The third-order valence-corrected chi connectivity index (χ3v) is 6.30. The minimum Gasteiger partial charge on any atom is -0.483 e. The highest BCUT2D eigenvalue weighted by molar-refractivity contribution is 7.17. The zero-order valence-corrected chi connectivity index (χ0v) is 17.1. The molecule has 6 heteroatoms. The molecule has 0 bridgehead atoms. The molecule has 5 nitrogen and oxygen atoms in total. The lowest BCUT2D eigenvalue weighted by molar-refractivity contribution is -0.118. The van der Waals surface area contributed by atoms with E-state index in [1.807, 2.05) is 26.8 Å². The second-order valence-electron chi connectivity index (χ2n) is 7.46. The number of hydrogen-bond donors (Lipinski definition) is 2. The number of carbonyl (C=O) groups is 2.